The van der Waals surface area contributed by atoms with Gasteiger partial charge in [0.05, 0.1) is 7.11 Å². The van der Waals surface area contributed by atoms with E-state index in [2.05, 4.69) is 34.1 Å². The zero-order valence-electron chi connectivity index (χ0n) is 15.2. The van der Waals surface area contributed by atoms with Crippen LogP contribution in [0, 0.1) is 0 Å². The highest BCUT2D eigenvalue weighted by molar-refractivity contribution is 6.30. The smallest absolute Gasteiger partial charge is 0.165 e. The number of rotatable bonds is 4. The van der Waals surface area contributed by atoms with Gasteiger partial charge in [-0.05, 0) is 41.5 Å². The van der Waals surface area contributed by atoms with Gasteiger partial charge in [0.15, 0.2) is 11.5 Å². The number of hydrogen-bond acceptors (Lipinski definition) is 4. The van der Waals surface area contributed by atoms with Gasteiger partial charge in [-0.1, -0.05) is 29.8 Å². The van der Waals surface area contributed by atoms with Crippen LogP contribution < -0.4 is 9.47 Å². The topological polar surface area (TPSA) is 34.6 Å². The van der Waals surface area contributed by atoms with Gasteiger partial charge in [-0.25, -0.2) is 0 Å². The molecule has 0 saturated carbocycles. The average molecular weight is 381 g/mol. The van der Waals surface area contributed by atoms with Crippen LogP contribution in [0.25, 0.3) is 11.1 Å². The zero-order chi connectivity index (χ0) is 18.6. The van der Waals surface area contributed by atoms with E-state index in [1.807, 2.05) is 30.5 Å². The molecule has 3 aromatic rings. The number of methoxy groups -OCH3 is 1. The molecule has 0 N–H and O–H groups in total. The molecule has 4 nitrogen and oxygen atoms in total. The summed E-state index contributed by atoms with van der Waals surface area (Å²) in [5.74, 6) is 1.60. The van der Waals surface area contributed by atoms with Gasteiger partial charge in [0.1, 0.15) is 6.61 Å². The van der Waals surface area contributed by atoms with Crippen molar-refractivity contribution in [3.8, 4) is 22.6 Å². The number of pyridine rings is 1. The van der Waals surface area contributed by atoms with E-state index < -0.39 is 0 Å². The fourth-order valence-electron chi connectivity index (χ4n) is 3.37. The summed E-state index contributed by atoms with van der Waals surface area (Å²) in [5.41, 5.74) is 4.50. The highest BCUT2D eigenvalue weighted by Crippen LogP contribution is 2.38. The Labute approximate surface area is 164 Å². The molecule has 0 radical (unpaired) electrons. The van der Waals surface area contributed by atoms with E-state index in [9.17, 15) is 0 Å². The Hall–Kier alpha value is -2.56. The Balaban J connectivity index is 1.65. The number of nitrogens with zero attached hydrogens (tertiary/aromatic N) is 2. The van der Waals surface area contributed by atoms with Crippen LogP contribution >= 0.6 is 11.6 Å². The molecule has 0 aliphatic carbocycles. The van der Waals surface area contributed by atoms with Gasteiger partial charge in [-0.15, -0.1) is 0 Å². The second-order valence-electron chi connectivity index (χ2n) is 6.59. The number of hydrogen-bond donors (Lipinski definition) is 0. The van der Waals surface area contributed by atoms with Crippen LogP contribution in [0.4, 0.5) is 0 Å². The first-order chi connectivity index (χ1) is 13.2. The first kappa shape index (κ1) is 17.8. The van der Waals surface area contributed by atoms with Crippen LogP contribution in [0.3, 0.4) is 0 Å². The van der Waals surface area contributed by atoms with Crippen molar-refractivity contribution in [3.63, 3.8) is 0 Å². The standard InChI is InChI=1S/C22H21ClN2O2/c1-26-21-12-18(17-3-2-8-24-13-17)11-19-15-25(9-10-27-22(19)21)14-16-4-6-20(23)7-5-16/h2-8,11-13H,9-10,14-15H2,1H3. The average Bonchev–Trinajstić information content (AvgIpc) is 2.91. The molecule has 0 spiro atoms. The van der Waals surface area contributed by atoms with Crippen LogP contribution in [0.5, 0.6) is 11.5 Å². The maximum absolute atomic E-state index is 6.05. The number of ether oxygens (including phenoxy) is 2. The molecule has 5 heteroatoms. The van der Waals surface area contributed by atoms with E-state index >= 15 is 0 Å². The molecular weight excluding hydrogens is 360 g/mol. The molecule has 0 fully saturated rings. The van der Waals surface area contributed by atoms with Crippen molar-refractivity contribution in [2.45, 2.75) is 13.1 Å². The third-order valence-electron chi connectivity index (χ3n) is 4.71. The molecule has 1 aromatic heterocycles. The van der Waals surface area contributed by atoms with E-state index in [1.54, 1.807) is 13.3 Å². The lowest BCUT2D eigenvalue weighted by molar-refractivity contribution is 0.217. The van der Waals surface area contributed by atoms with E-state index in [1.165, 1.54) is 5.56 Å². The second-order valence-corrected chi connectivity index (χ2v) is 7.03. The molecule has 2 aromatic carbocycles. The van der Waals surface area contributed by atoms with Crippen molar-refractivity contribution in [2.24, 2.45) is 0 Å². The molecule has 27 heavy (non-hydrogen) atoms. The van der Waals surface area contributed by atoms with Crippen molar-refractivity contribution >= 4 is 11.6 Å². The predicted octanol–water partition coefficient (Wildman–Crippen LogP) is 4.81. The molecule has 0 saturated heterocycles. The summed E-state index contributed by atoms with van der Waals surface area (Å²) < 4.78 is 11.7. The summed E-state index contributed by atoms with van der Waals surface area (Å²) in [6.45, 7) is 3.12. The Kier molecular flexibility index (Phi) is 5.28. The molecule has 0 unspecified atom stereocenters. The molecule has 1 aliphatic rings. The fraction of sp³-hybridized carbons (Fsp3) is 0.227. The second kappa shape index (κ2) is 7.99. The van der Waals surface area contributed by atoms with Crippen LogP contribution in [-0.4, -0.2) is 30.1 Å². The number of aromatic nitrogens is 1. The summed E-state index contributed by atoms with van der Waals surface area (Å²) in [6.07, 6.45) is 3.64. The minimum absolute atomic E-state index is 0.628. The predicted molar refractivity (Wildman–Crippen MR) is 107 cm³/mol. The normalized spacial score (nSPS) is 14.1. The van der Waals surface area contributed by atoms with Crippen LogP contribution in [0.2, 0.25) is 5.02 Å². The van der Waals surface area contributed by atoms with Crippen molar-refractivity contribution < 1.29 is 9.47 Å². The van der Waals surface area contributed by atoms with Gasteiger partial charge < -0.3 is 9.47 Å². The van der Waals surface area contributed by atoms with Crippen molar-refractivity contribution in [2.75, 3.05) is 20.3 Å². The molecule has 2 heterocycles. The summed E-state index contributed by atoms with van der Waals surface area (Å²) in [7, 11) is 1.68. The van der Waals surface area contributed by atoms with Crippen molar-refractivity contribution in [1.29, 1.82) is 0 Å². The minimum atomic E-state index is 0.628. The zero-order valence-corrected chi connectivity index (χ0v) is 15.9. The molecule has 0 atom stereocenters. The Bertz CT molecular complexity index is 914. The third-order valence-corrected chi connectivity index (χ3v) is 4.97. The van der Waals surface area contributed by atoms with Gasteiger partial charge >= 0.3 is 0 Å². The Morgan fingerprint density at radius 1 is 1.15 bits per heavy atom. The minimum Gasteiger partial charge on any atom is -0.493 e. The van der Waals surface area contributed by atoms with E-state index in [0.29, 0.717) is 6.61 Å². The van der Waals surface area contributed by atoms with E-state index in [-0.39, 0.29) is 0 Å². The monoisotopic (exact) mass is 380 g/mol. The number of fused-ring (bicyclic) bond motifs is 1. The van der Waals surface area contributed by atoms with Gasteiger partial charge in [-0.3, -0.25) is 9.88 Å². The number of halogens is 1. The quantitative estimate of drug-likeness (QED) is 0.650. The molecular formula is C22H21ClN2O2. The summed E-state index contributed by atoms with van der Waals surface area (Å²) in [6, 6.07) is 16.2. The Morgan fingerprint density at radius 2 is 2.00 bits per heavy atom. The highest BCUT2D eigenvalue weighted by Gasteiger charge is 2.20. The first-order valence-electron chi connectivity index (χ1n) is 8.94. The fourth-order valence-corrected chi connectivity index (χ4v) is 3.50. The van der Waals surface area contributed by atoms with Crippen LogP contribution in [0.15, 0.2) is 60.9 Å². The maximum atomic E-state index is 6.05. The summed E-state index contributed by atoms with van der Waals surface area (Å²) in [5, 5.41) is 0.758. The lowest BCUT2D eigenvalue weighted by atomic mass is 10.0. The summed E-state index contributed by atoms with van der Waals surface area (Å²) in [4.78, 5) is 6.61. The van der Waals surface area contributed by atoms with Gasteiger partial charge in [0.25, 0.3) is 0 Å². The van der Waals surface area contributed by atoms with E-state index in [4.69, 9.17) is 21.1 Å². The van der Waals surface area contributed by atoms with Crippen molar-refractivity contribution in [3.05, 3.63) is 77.1 Å². The molecule has 0 bridgehead atoms. The maximum Gasteiger partial charge on any atom is 0.165 e. The Morgan fingerprint density at radius 3 is 2.74 bits per heavy atom. The lowest BCUT2D eigenvalue weighted by Crippen LogP contribution is -2.25. The molecule has 4 rings (SSSR count). The number of benzene rings is 2. The van der Waals surface area contributed by atoms with Crippen molar-refractivity contribution in [1.82, 2.24) is 9.88 Å². The molecule has 1 aliphatic heterocycles. The van der Waals surface area contributed by atoms with Gasteiger partial charge in [0, 0.05) is 48.2 Å². The molecule has 138 valence electrons. The van der Waals surface area contributed by atoms with E-state index in [0.717, 1.165) is 52.8 Å². The van der Waals surface area contributed by atoms with Gasteiger partial charge in [0.2, 0.25) is 0 Å². The SMILES string of the molecule is COc1cc(-c2cccnc2)cc2c1OCCN(Cc1ccc(Cl)cc1)C2. The van der Waals surface area contributed by atoms with Gasteiger partial charge in [-0.2, -0.15) is 0 Å². The lowest BCUT2D eigenvalue weighted by Gasteiger charge is -2.20. The largest absolute Gasteiger partial charge is 0.493 e. The third kappa shape index (κ3) is 4.07. The van der Waals surface area contributed by atoms with Crippen LogP contribution in [-0.2, 0) is 13.1 Å². The molecule has 0 amide bonds. The first-order valence-corrected chi connectivity index (χ1v) is 9.31. The highest BCUT2D eigenvalue weighted by atomic mass is 35.5. The summed E-state index contributed by atoms with van der Waals surface area (Å²) >= 11 is 6.00. The van der Waals surface area contributed by atoms with Crippen LogP contribution in [0.1, 0.15) is 11.1 Å².